The molecule has 2 N–H and O–H groups in total. The SMILES string of the molecule is CN=C(NCc1ccc(C)c(F)c1)NCc1cn2c(C)cccc2n1.I. The van der Waals surface area contributed by atoms with Crippen LogP contribution < -0.4 is 10.6 Å². The molecule has 7 heteroatoms. The van der Waals surface area contributed by atoms with Crippen LogP contribution in [0.2, 0.25) is 0 Å². The number of hydrogen-bond acceptors (Lipinski definition) is 2. The van der Waals surface area contributed by atoms with Crippen molar-refractivity contribution in [1.29, 1.82) is 0 Å². The van der Waals surface area contributed by atoms with Gasteiger partial charge in [-0.3, -0.25) is 4.99 Å². The quantitative estimate of drug-likeness (QED) is 0.351. The van der Waals surface area contributed by atoms with Gasteiger partial charge in [0, 0.05) is 25.5 Å². The normalized spacial score (nSPS) is 11.3. The second kappa shape index (κ2) is 8.98. The van der Waals surface area contributed by atoms with Crippen LogP contribution in [-0.2, 0) is 13.1 Å². The maximum absolute atomic E-state index is 13.6. The predicted octanol–water partition coefficient (Wildman–Crippen LogP) is 3.57. The Morgan fingerprint density at radius 2 is 1.92 bits per heavy atom. The maximum Gasteiger partial charge on any atom is 0.191 e. The number of imidazole rings is 1. The number of guanidine groups is 1. The molecule has 0 spiro atoms. The minimum Gasteiger partial charge on any atom is -0.352 e. The summed E-state index contributed by atoms with van der Waals surface area (Å²) >= 11 is 0. The molecule has 0 fully saturated rings. The van der Waals surface area contributed by atoms with Crippen LogP contribution in [0.5, 0.6) is 0 Å². The van der Waals surface area contributed by atoms with Gasteiger partial charge in [0.05, 0.1) is 12.2 Å². The first-order chi connectivity index (χ1) is 12.1. The number of aryl methyl sites for hydroxylation is 2. The van der Waals surface area contributed by atoms with Crippen molar-refractivity contribution in [3.63, 3.8) is 0 Å². The number of rotatable bonds is 4. The second-order valence-corrected chi connectivity index (χ2v) is 5.99. The van der Waals surface area contributed by atoms with Gasteiger partial charge in [-0.15, -0.1) is 24.0 Å². The molecule has 0 atom stereocenters. The zero-order chi connectivity index (χ0) is 17.8. The van der Waals surface area contributed by atoms with E-state index in [0.29, 0.717) is 24.6 Å². The van der Waals surface area contributed by atoms with Crippen LogP contribution in [0.4, 0.5) is 4.39 Å². The van der Waals surface area contributed by atoms with Crippen molar-refractivity contribution in [1.82, 2.24) is 20.0 Å². The van der Waals surface area contributed by atoms with E-state index in [4.69, 9.17) is 0 Å². The molecule has 0 aliphatic rings. The van der Waals surface area contributed by atoms with Crippen molar-refractivity contribution in [2.75, 3.05) is 7.05 Å². The van der Waals surface area contributed by atoms with E-state index in [2.05, 4.69) is 25.0 Å². The summed E-state index contributed by atoms with van der Waals surface area (Å²) in [5.41, 5.74) is 4.51. The standard InChI is InChI=1S/C19H22FN5.HI/c1-13-7-8-15(9-17(13)20)10-22-19(21-3)23-11-16-12-25-14(2)5-4-6-18(25)24-16;/h4-9,12H,10-11H2,1-3H3,(H2,21,22,23);1H. The highest BCUT2D eigenvalue weighted by molar-refractivity contribution is 14.0. The van der Waals surface area contributed by atoms with E-state index in [1.807, 2.05) is 37.4 Å². The predicted molar refractivity (Wildman–Crippen MR) is 114 cm³/mol. The van der Waals surface area contributed by atoms with E-state index in [1.54, 1.807) is 26.1 Å². The monoisotopic (exact) mass is 467 g/mol. The van der Waals surface area contributed by atoms with E-state index >= 15 is 0 Å². The molecule has 0 aliphatic carbocycles. The van der Waals surface area contributed by atoms with Crippen molar-refractivity contribution in [3.05, 3.63) is 70.9 Å². The topological polar surface area (TPSA) is 53.7 Å². The van der Waals surface area contributed by atoms with Gasteiger partial charge in [-0.1, -0.05) is 18.2 Å². The van der Waals surface area contributed by atoms with Gasteiger partial charge >= 0.3 is 0 Å². The van der Waals surface area contributed by atoms with E-state index in [1.165, 1.54) is 0 Å². The second-order valence-electron chi connectivity index (χ2n) is 5.99. The van der Waals surface area contributed by atoms with Gasteiger partial charge in [-0.25, -0.2) is 9.37 Å². The fraction of sp³-hybridized carbons (Fsp3) is 0.263. The number of hydrogen-bond donors (Lipinski definition) is 2. The lowest BCUT2D eigenvalue weighted by Gasteiger charge is -2.11. The Bertz CT molecular complexity index is 919. The fourth-order valence-electron chi connectivity index (χ4n) is 2.61. The Balaban J connectivity index is 0.00000243. The van der Waals surface area contributed by atoms with E-state index in [9.17, 15) is 4.39 Å². The first-order valence-electron chi connectivity index (χ1n) is 8.20. The minimum atomic E-state index is -0.192. The van der Waals surface area contributed by atoms with E-state index < -0.39 is 0 Å². The lowest BCUT2D eigenvalue weighted by atomic mass is 10.1. The van der Waals surface area contributed by atoms with Crippen molar-refractivity contribution in [2.45, 2.75) is 26.9 Å². The van der Waals surface area contributed by atoms with Crippen LogP contribution in [0.1, 0.15) is 22.5 Å². The third-order valence-electron chi connectivity index (χ3n) is 4.10. The summed E-state index contributed by atoms with van der Waals surface area (Å²) in [6.07, 6.45) is 2.01. The van der Waals surface area contributed by atoms with Gasteiger partial charge in [-0.2, -0.15) is 0 Å². The molecular formula is C19H23FIN5. The van der Waals surface area contributed by atoms with Gasteiger partial charge in [0.2, 0.25) is 0 Å². The molecule has 26 heavy (non-hydrogen) atoms. The fourth-order valence-corrected chi connectivity index (χ4v) is 2.61. The van der Waals surface area contributed by atoms with E-state index in [0.717, 1.165) is 22.6 Å². The third-order valence-corrected chi connectivity index (χ3v) is 4.10. The lowest BCUT2D eigenvalue weighted by molar-refractivity contribution is 0.615. The summed E-state index contributed by atoms with van der Waals surface area (Å²) in [4.78, 5) is 8.78. The van der Waals surface area contributed by atoms with Gasteiger partial charge in [-0.05, 0) is 43.2 Å². The van der Waals surface area contributed by atoms with Crippen LogP contribution >= 0.6 is 24.0 Å². The minimum absolute atomic E-state index is 0. The van der Waals surface area contributed by atoms with Crippen molar-refractivity contribution in [2.24, 2.45) is 4.99 Å². The zero-order valence-corrected chi connectivity index (χ0v) is 17.4. The summed E-state index contributed by atoms with van der Waals surface area (Å²) in [6.45, 7) is 4.86. The lowest BCUT2D eigenvalue weighted by Crippen LogP contribution is -2.36. The highest BCUT2D eigenvalue weighted by Gasteiger charge is 2.05. The molecule has 1 aromatic carbocycles. The number of benzene rings is 1. The molecule has 3 aromatic rings. The Morgan fingerprint density at radius 3 is 2.62 bits per heavy atom. The van der Waals surface area contributed by atoms with Gasteiger partial charge in [0.25, 0.3) is 0 Å². The zero-order valence-electron chi connectivity index (χ0n) is 15.1. The highest BCUT2D eigenvalue weighted by Crippen LogP contribution is 2.09. The molecule has 2 heterocycles. The van der Waals surface area contributed by atoms with Crippen LogP contribution in [0.3, 0.4) is 0 Å². The van der Waals surface area contributed by atoms with E-state index in [-0.39, 0.29) is 29.8 Å². The summed E-state index contributed by atoms with van der Waals surface area (Å²) in [5.74, 6) is 0.456. The number of nitrogens with zero attached hydrogens (tertiary/aromatic N) is 3. The molecular weight excluding hydrogens is 444 g/mol. The number of aliphatic imine (C=N–C) groups is 1. The Hall–Kier alpha value is -2.16. The maximum atomic E-state index is 13.6. The Morgan fingerprint density at radius 1 is 1.15 bits per heavy atom. The van der Waals surface area contributed by atoms with Crippen LogP contribution in [-0.4, -0.2) is 22.4 Å². The Labute approximate surface area is 169 Å². The van der Waals surface area contributed by atoms with Crippen LogP contribution in [0, 0.1) is 19.7 Å². The van der Waals surface area contributed by atoms with Gasteiger partial charge in [0.15, 0.2) is 5.96 Å². The molecule has 0 saturated heterocycles. The molecule has 138 valence electrons. The number of pyridine rings is 1. The number of nitrogens with one attached hydrogen (secondary N) is 2. The number of halogens is 2. The molecule has 0 unspecified atom stereocenters. The van der Waals surface area contributed by atoms with Crippen LogP contribution in [0.15, 0.2) is 47.6 Å². The number of aromatic nitrogens is 2. The largest absolute Gasteiger partial charge is 0.352 e. The smallest absolute Gasteiger partial charge is 0.191 e. The molecule has 3 rings (SSSR count). The number of fused-ring (bicyclic) bond motifs is 1. The molecule has 0 radical (unpaired) electrons. The molecule has 5 nitrogen and oxygen atoms in total. The molecule has 2 aromatic heterocycles. The van der Waals surface area contributed by atoms with Gasteiger partial charge < -0.3 is 15.0 Å². The van der Waals surface area contributed by atoms with Crippen molar-refractivity contribution in [3.8, 4) is 0 Å². The highest BCUT2D eigenvalue weighted by atomic mass is 127. The summed E-state index contributed by atoms with van der Waals surface area (Å²) in [5, 5.41) is 6.42. The summed E-state index contributed by atoms with van der Waals surface area (Å²) in [7, 11) is 1.71. The summed E-state index contributed by atoms with van der Waals surface area (Å²) in [6, 6.07) is 11.3. The first-order valence-corrected chi connectivity index (χ1v) is 8.20. The van der Waals surface area contributed by atoms with Crippen molar-refractivity contribution >= 4 is 35.6 Å². The van der Waals surface area contributed by atoms with Crippen LogP contribution in [0.25, 0.3) is 5.65 Å². The Kier molecular flexibility index (Phi) is 6.96. The summed E-state index contributed by atoms with van der Waals surface area (Å²) < 4.78 is 15.7. The van der Waals surface area contributed by atoms with Gasteiger partial charge in [0.1, 0.15) is 11.5 Å². The first kappa shape index (κ1) is 20.2. The molecule has 0 bridgehead atoms. The molecule has 0 amide bonds. The van der Waals surface area contributed by atoms with Crippen molar-refractivity contribution < 1.29 is 4.39 Å². The average molecular weight is 467 g/mol. The molecule has 0 saturated carbocycles. The third kappa shape index (κ3) is 4.72. The average Bonchev–Trinajstić information content (AvgIpc) is 3.02. The molecule has 0 aliphatic heterocycles.